The molecular formula is C18H26BNO4. The van der Waals surface area contributed by atoms with Gasteiger partial charge in [-0.25, -0.2) is 0 Å². The fraction of sp³-hybridized carbons (Fsp3) is 0.611. The summed E-state index contributed by atoms with van der Waals surface area (Å²) < 4.78 is 17.6. The number of ether oxygens (including phenoxy) is 1. The van der Waals surface area contributed by atoms with Crippen molar-refractivity contribution >= 4 is 18.5 Å². The smallest absolute Gasteiger partial charge is 0.399 e. The van der Waals surface area contributed by atoms with E-state index < -0.39 is 7.12 Å². The summed E-state index contributed by atoms with van der Waals surface area (Å²) in [7, 11) is -0.400. The van der Waals surface area contributed by atoms with E-state index in [1.54, 1.807) is 0 Å². The topological polar surface area (TPSA) is 48.0 Å². The van der Waals surface area contributed by atoms with Gasteiger partial charge in [0.1, 0.15) is 0 Å². The molecule has 0 N–H and O–H groups in total. The molecule has 1 unspecified atom stereocenters. The lowest BCUT2D eigenvalue weighted by atomic mass is 9.79. The second-order valence-corrected chi connectivity index (χ2v) is 7.64. The summed E-state index contributed by atoms with van der Waals surface area (Å²) in [6, 6.07) is 7.53. The van der Waals surface area contributed by atoms with Crippen molar-refractivity contribution in [2.24, 2.45) is 0 Å². The summed E-state index contributed by atoms with van der Waals surface area (Å²) in [6.07, 6.45) is 0.0896. The third-order valence-electron chi connectivity index (χ3n) is 5.21. The molecule has 5 nitrogen and oxygen atoms in total. The van der Waals surface area contributed by atoms with Gasteiger partial charge in [0.2, 0.25) is 0 Å². The summed E-state index contributed by atoms with van der Waals surface area (Å²) in [5.74, 6) is 0.0469. The standard InChI is InChI=1S/C18H26BNO4/c1-13-12-20(10-11-22-13)16(21)14-6-8-15(9-7-14)19-23-17(2,3)18(4,5)24-19/h6-9,13H,10-12H2,1-5H3. The zero-order chi connectivity index (χ0) is 17.5. The minimum Gasteiger partial charge on any atom is -0.399 e. The van der Waals surface area contributed by atoms with Crippen LogP contribution in [-0.2, 0) is 14.0 Å². The van der Waals surface area contributed by atoms with E-state index in [9.17, 15) is 4.79 Å². The van der Waals surface area contributed by atoms with Crippen molar-refractivity contribution in [3.05, 3.63) is 29.8 Å². The molecule has 0 aromatic heterocycles. The minimum atomic E-state index is -0.400. The van der Waals surface area contributed by atoms with Crippen LogP contribution >= 0.6 is 0 Å². The number of amides is 1. The summed E-state index contributed by atoms with van der Waals surface area (Å²) in [5, 5.41) is 0. The molecule has 2 aliphatic rings. The van der Waals surface area contributed by atoms with Crippen LogP contribution in [0.15, 0.2) is 24.3 Å². The van der Waals surface area contributed by atoms with Gasteiger partial charge >= 0.3 is 7.12 Å². The Balaban J connectivity index is 1.71. The van der Waals surface area contributed by atoms with Crippen LogP contribution < -0.4 is 5.46 Å². The number of nitrogens with zero attached hydrogens (tertiary/aromatic N) is 1. The summed E-state index contributed by atoms with van der Waals surface area (Å²) in [4.78, 5) is 14.4. The summed E-state index contributed by atoms with van der Waals surface area (Å²) in [5.41, 5.74) is 0.886. The zero-order valence-electron chi connectivity index (χ0n) is 15.2. The van der Waals surface area contributed by atoms with Gasteiger partial charge in [-0.2, -0.15) is 0 Å². The molecule has 1 amide bonds. The molecule has 3 rings (SSSR count). The van der Waals surface area contributed by atoms with Gasteiger partial charge in [-0.1, -0.05) is 12.1 Å². The first-order valence-electron chi connectivity index (χ1n) is 8.56. The van der Waals surface area contributed by atoms with Gasteiger partial charge in [-0.15, -0.1) is 0 Å². The highest BCUT2D eigenvalue weighted by molar-refractivity contribution is 6.62. The van der Waals surface area contributed by atoms with Crippen molar-refractivity contribution in [2.45, 2.75) is 51.9 Å². The van der Waals surface area contributed by atoms with Crippen LogP contribution in [0.4, 0.5) is 0 Å². The fourth-order valence-corrected chi connectivity index (χ4v) is 2.95. The van der Waals surface area contributed by atoms with Gasteiger partial charge in [-0.3, -0.25) is 4.79 Å². The van der Waals surface area contributed by atoms with Crippen LogP contribution in [0.5, 0.6) is 0 Å². The lowest BCUT2D eigenvalue weighted by Gasteiger charge is -2.32. The van der Waals surface area contributed by atoms with Crippen molar-refractivity contribution in [2.75, 3.05) is 19.7 Å². The van der Waals surface area contributed by atoms with Crippen LogP contribution in [0, 0.1) is 0 Å². The average molecular weight is 331 g/mol. The van der Waals surface area contributed by atoms with E-state index in [4.69, 9.17) is 14.0 Å². The second kappa shape index (κ2) is 6.17. The van der Waals surface area contributed by atoms with E-state index in [0.29, 0.717) is 25.3 Å². The van der Waals surface area contributed by atoms with E-state index in [1.165, 1.54) is 0 Å². The van der Waals surface area contributed by atoms with E-state index in [0.717, 1.165) is 5.46 Å². The number of carbonyl (C=O) groups excluding carboxylic acids is 1. The molecule has 130 valence electrons. The average Bonchev–Trinajstić information content (AvgIpc) is 2.75. The number of morpholine rings is 1. The van der Waals surface area contributed by atoms with E-state index >= 15 is 0 Å². The molecule has 0 spiro atoms. The van der Waals surface area contributed by atoms with Crippen molar-refractivity contribution in [3.63, 3.8) is 0 Å². The van der Waals surface area contributed by atoms with Gasteiger partial charge < -0.3 is 18.9 Å². The van der Waals surface area contributed by atoms with Gasteiger partial charge in [0, 0.05) is 18.7 Å². The van der Waals surface area contributed by atoms with Crippen LogP contribution in [-0.4, -0.2) is 54.9 Å². The van der Waals surface area contributed by atoms with Gasteiger partial charge in [0.05, 0.1) is 23.9 Å². The fourth-order valence-electron chi connectivity index (χ4n) is 2.95. The maximum absolute atomic E-state index is 12.6. The molecule has 24 heavy (non-hydrogen) atoms. The van der Waals surface area contributed by atoms with Crippen molar-refractivity contribution in [1.82, 2.24) is 4.90 Å². The molecule has 1 aromatic rings. The van der Waals surface area contributed by atoms with Crippen molar-refractivity contribution in [1.29, 1.82) is 0 Å². The zero-order valence-corrected chi connectivity index (χ0v) is 15.2. The quantitative estimate of drug-likeness (QED) is 0.776. The number of rotatable bonds is 2. The molecular weight excluding hydrogens is 305 g/mol. The maximum Gasteiger partial charge on any atom is 0.494 e. The number of hydrogen-bond acceptors (Lipinski definition) is 4. The van der Waals surface area contributed by atoms with Crippen molar-refractivity contribution < 1.29 is 18.8 Å². The Bertz CT molecular complexity index is 598. The number of carbonyl (C=O) groups is 1. The molecule has 1 atom stereocenters. The van der Waals surface area contributed by atoms with Crippen LogP contribution in [0.2, 0.25) is 0 Å². The monoisotopic (exact) mass is 331 g/mol. The van der Waals surface area contributed by atoms with Gasteiger partial charge in [0.25, 0.3) is 5.91 Å². The predicted octanol–water partition coefficient (Wildman–Crippen LogP) is 1.85. The second-order valence-electron chi connectivity index (χ2n) is 7.64. The molecule has 2 fully saturated rings. The van der Waals surface area contributed by atoms with Crippen LogP contribution in [0.1, 0.15) is 45.0 Å². The largest absolute Gasteiger partial charge is 0.494 e. The minimum absolute atomic E-state index is 0.0469. The number of hydrogen-bond donors (Lipinski definition) is 0. The lowest BCUT2D eigenvalue weighted by molar-refractivity contribution is -0.0124. The van der Waals surface area contributed by atoms with E-state index in [2.05, 4.69) is 0 Å². The van der Waals surface area contributed by atoms with E-state index in [1.807, 2.05) is 63.8 Å². The Hall–Kier alpha value is -1.37. The van der Waals surface area contributed by atoms with Crippen LogP contribution in [0.3, 0.4) is 0 Å². The molecule has 0 radical (unpaired) electrons. The highest BCUT2D eigenvalue weighted by Gasteiger charge is 2.51. The molecule has 0 aliphatic carbocycles. The van der Waals surface area contributed by atoms with Gasteiger partial charge in [-0.05, 0) is 52.2 Å². The van der Waals surface area contributed by atoms with Gasteiger partial charge in [0.15, 0.2) is 0 Å². The SMILES string of the molecule is CC1CN(C(=O)c2ccc(B3OC(C)(C)C(C)(C)O3)cc2)CCO1. The summed E-state index contributed by atoms with van der Waals surface area (Å²) >= 11 is 0. The molecule has 0 bridgehead atoms. The normalized spacial score (nSPS) is 25.8. The Morgan fingerprint density at radius 1 is 1.12 bits per heavy atom. The first-order chi connectivity index (χ1) is 11.2. The molecule has 6 heteroatoms. The molecule has 2 heterocycles. The summed E-state index contributed by atoms with van der Waals surface area (Å²) in [6.45, 7) is 12.0. The Kier molecular flexibility index (Phi) is 4.49. The Morgan fingerprint density at radius 3 is 2.25 bits per heavy atom. The predicted molar refractivity (Wildman–Crippen MR) is 93.5 cm³/mol. The molecule has 1 aromatic carbocycles. The third kappa shape index (κ3) is 3.23. The van der Waals surface area contributed by atoms with Crippen molar-refractivity contribution in [3.8, 4) is 0 Å². The first-order valence-corrected chi connectivity index (χ1v) is 8.56. The molecule has 0 saturated carbocycles. The van der Waals surface area contributed by atoms with Crippen LogP contribution in [0.25, 0.3) is 0 Å². The Labute approximate surface area is 144 Å². The third-order valence-corrected chi connectivity index (χ3v) is 5.21. The lowest BCUT2D eigenvalue weighted by Crippen LogP contribution is -2.44. The maximum atomic E-state index is 12.6. The Morgan fingerprint density at radius 2 is 1.71 bits per heavy atom. The number of benzene rings is 1. The van der Waals surface area contributed by atoms with E-state index in [-0.39, 0.29) is 23.2 Å². The highest BCUT2D eigenvalue weighted by atomic mass is 16.7. The molecule has 2 saturated heterocycles. The first kappa shape index (κ1) is 17.5. The highest BCUT2D eigenvalue weighted by Crippen LogP contribution is 2.36. The molecule has 2 aliphatic heterocycles.